The Bertz CT molecular complexity index is 1130. The number of benzene rings is 2. The van der Waals surface area contributed by atoms with Crippen molar-refractivity contribution in [3.8, 4) is 5.88 Å². The fourth-order valence-corrected chi connectivity index (χ4v) is 3.86. The zero-order valence-corrected chi connectivity index (χ0v) is 17.6. The molecule has 0 atom stereocenters. The molecule has 29 heavy (non-hydrogen) atoms. The van der Waals surface area contributed by atoms with E-state index in [1.54, 1.807) is 43.3 Å². The average Bonchev–Trinajstić information content (AvgIpc) is 3.02. The standard InChI is InChI=1S/C21H24N2O5S/c1-5-27-20(24)28-19-13-14-12-16(8-11-18(14)22-19)23-29(25,26)17-9-6-15(7-10-17)21(2,3)4/h6-13,22-23H,5H2,1-4H3. The number of hydrogen-bond donors (Lipinski definition) is 2. The number of nitrogens with one attached hydrogen (secondary N) is 2. The minimum absolute atomic E-state index is 0.0572. The van der Waals surface area contributed by atoms with E-state index in [-0.39, 0.29) is 22.8 Å². The first-order chi connectivity index (χ1) is 13.6. The molecule has 7 nitrogen and oxygen atoms in total. The van der Waals surface area contributed by atoms with Crippen LogP contribution in [0.1, 0.15) is 33.3 Å². The fraction of sp³-hybridized carbons (Fsp3) is 0.286. The number of fused-ring (bicyclic) bond motifs is 1. The number of rotatable bonds is 5. The molecule has 3 aromatic rings. The van der Waals surface area contributed by atoms with Crippen molar-refractivity contribution in [1.29, 1.82) is 0 Å². The van der Waals surface area contributed by atoms with Crippen LogP contribution in [0.4, 0.5) is 10.5 Å². The molecule has 0 unspecified atom stereocenters. The van der Waals surface area contributed by atoms with Gasteiger partial charge in [0, 0.05) is 22.7 Å². The predicted octanol–water partition coefficient (Wildman–Crippen LogP) is 4.80. The van der Waals surface area contributed by atoms with Crippen LogP contribution >= 0.6 is 0 Å². The molecule has 0 aliphatic carbocycles. The smallest absolute Gasteiger partial charge is 0.434 e. The first kappa shape index (κ1) is 20.7. The van der Waals surface area contributed by atoms with E-state index in [2.05, 4.69) is 30.5 Å². The number of hydrogen-bond acceptors (Lipinski definition) is 5. The molecule has 154 valence electrons. The summed E-state index contributed by atoms with van der Waals surface area (Å²) in [7, 11) is -3.73. The Hall–Kier alpha value is -3.00. The molecule has 2 N–H and O–H groups in total. The molecule has 3 rings (SSSR count). The number of H-pyrrole nitrogens is 1. The van der Waals surface area contributed by atoms with Crippen molar-refractivity contribution in [3.63, 3.8) is 0 Å². The monoisotopic (exact) mass is 416 g/mol. The number of ether oxygens (including phenoxy) is 2. The Balaban J connectivity index is 1.80. The largest absolute Gasteiger partial charge is 0.515 e. The van der Waals surface area contributed by atoms with Crippen LogP contribution in [0.25, 0.3) is 10.9 Å². The topological polar surface area (TPSA) is 97.5 Å². The highest BCUT2D eigenvalue weighted by Crippen LogP contribution is 2.27. The summed E-state index contributed by atoms with van der Waals surface area (Å²) in [4.78, 5) is 14.5. The van der Waals surface area contributed by atoms with E-state index in [4.69, 9.17) is 9.47 Å². The van der Waals surface area contributed by atoms with Crippen molar-refractivity contribution >= 4 is 32.8 Å². The van der Waals surface area contributed by atoms with E-state index < -0.39 is 16.2 Å². The van der Waals surface area contributed by atoms with Crippen LogP contribution in [0.5, 0.6) is 5.88 Å². The number of carbonyl (C=O) groups is 1. The lowest BCUT2D eigenvalue weighted by molar-refractivity contribution is 0.103. The molecule has 0 aliphatic rings. The van der Waals surface area contributed by atoms with E-state index in [9.17, 15) is 13.2 Å². The van der Waals surface area contributed by atoms with Gasteiger partial charge < -0.3 is 14.5 Å². The van der Waals surface area contributed by atoms with Crippen molar-refractivity contribution in [2.75, 3.05) is 11.3 Å². The van der Waals surface area contributed by atoms with E-state index in [1.807, 2.05) is 12.1 Å². The molecule has 0 radical (unpaired) electrons. The summed E-state index contributed by atoms with van der Waals surface area (Å²) in [5, 5.41) is 0.688. The van der Waals surface area contributed by atoms with Crippen LogP contribution in [0, 0.1) is 0 Å². The number of aromatic amines is 1. The van der Waals surface area contributed by atoms with Crippen LogP contribution in [0.15, 0.2) is 53.4 Å². The molecular weight excluding hydrogens is 392 g/mol. The van der Waals surface area contributed by atoms with Crippen molar-refractivity contribution in [2.45, 2.75) is 38.0 Å². The van der Waals surface area contributed by atoms with Gasteiger partial charge in [0.05, 0.1) is 11.5 Å². The Labute approximate surface area is 170 Å². The van der Waals surface area contributed by atoms with E-state index in [0.29, 0.717) is 16.6 Å². The first-order valence-electron chi connectivity index (χ1n) is 9.19. The maximum atomic E-state index is 12.7. The van der Waals surface area contributed by atoms with Gasteiger partial charge in [0.25, 0.3) is 10.0 Å². The molecule has 0 spiro atoms. The Morgan fingerprint density at radius 2 is 1.76 bits per heavy atom. The predicted molar refractivity (Wildman–Crippen MR) is 112 cm³/mol. The number of anilines is 1. The quantitative estimate of drug-likeness (QED) is 0.582. The summed E-state index contributed by atoms with van der Waals surface area (Å²) < 4.78 is 37.8. The van der Waals surface area contributed by atoms with Gasteiger partial charge in [-0.1, -0.05) is 32.9 Å². The Kier molecular flexibility index (Phi) is 5.57. The Morgan fingerprint density at radius 1 is 1.07 bits per heavy atom. The first-order valence-corrected chi connectivity index (χ1v) is 10.7. The minimum atomic E-state index is -3.73. The molecule has 1 aromatic heterocycles. The van der Waals surface area contributed by atoms with Crippen LogP contribution in [-0.2, 0) is 20.2 Å². The normalized spacial score (nSPS) is 12.0. The summed E-state index contributed by atoms with van der Waals surface area (Å²) >= 11 is 0. The maximum Gasteiger partial charge on any atom is 0.515 e. The molecule has 0 bridgehead atoms. The molecule has 0 amide bonds. The van der Waals surface area contributed by atoms with Gasteiger partial charge >= 0.3 is 6.16 Å². The number of carbonyl (C=O) groups excluding carboxylic acids is 1. The molecular formula is C21H24N2O5S. The second-order valence-corrected chi connectivity index (χ2v) is 9.28. The molecule has 0 saturated heterocycles. The van der Waals surface area contributed by atoms with Gasteiger partial charge in [-0.05, 0) is 48.2 Å². The summed E-state index contributed by atoms with van der Waals surface area (Å²) in [5.41, 5.74) is 2.10. The van der Waals surface area contributed by atoms with Crippen LogP contribution in [0.3, 0.4) is 0 Å². The van der Waals surface area contributed by atoms with Crippen molar-refractivity contribution in [2.24, 2.45) is 0 Å². The zero-order chi connectivity index (χ0) is 21.2. The van der Waals surface area contributed by atoms with Crippen molar-refractivity contribution in [3.05, 3.63) is 54.1 Å². The van der Waals surface area contributed by atoms with E-state index in [0.717, 1.165) is 5.56 Å². The van der Waals surface area contributed by atoms with Crippen LogP contribution in [0.2, 0.25) is 0 Å². The summed E-state index contributed by atoms with van der Waals surface area (Å²) in [5.74, 6) is 0.219. The van der Waals surface area contributed by atoms with Gasteiger partial charge in [0.15, 0.2) is 0 Å². The van der Waals surface area contributed by atoms with Gasteiger partial charge in [0.1, 0.15) is 0 Å². The Morgan fingerprint density at radius 3 is 2.38 bits per heavy atom. The third kappa shape index (κ3) is 4.89. The number of sulfonamides is 1. The highest BCUT2D eigenvalue weighted by molar-refractivity contribution is 7.92. The third-order valence-electron chi connectivity index (χ3n) is 4.33. The lowest BCUT2D eigenvalue weighted by atomic mass is 9.87. The van der Waals surface area contributed by atoms with Gasteiger partial charge in [-0.15, -0.1) is 0 Å². The maximum absolute atomic E-state index is 12.7. The second-order valence-electron chi connectivity index (χ2n) is 7.60. The second kappa shape index (κ2) is 7.79. The molecule has 0 aliphatic heterocycles. The molecule has 0 fully saturated rings. The molecule has 8 heteroatoms. The fourth-order valence-electron chi connectivity index (χ4n) is 2.81. The van der Waals surface area contributed by atoms with Gasteiger partial charge in [-0.2, -0.15) is 0 Å². The number of aromatic nitrogens is 1. The van der Waals surface area contributed by atoms with E-state index >= 15 is 0 Å². The average molecular weight is 416 g/mol. The summed E-state index contributed by atoms with van der Waals surface area (Å²) in [6, 6.07) is 13.4. The lowest BCUT2D eigenvalue weighted by Crippen LogP contribution is -2.14. The highest BCUT2D eigenvalue weighted by Gasteiger charge is 2.18. The van der Waals surface area contributed by atoms with Crippen molar-refractivity contribution in [1.82, 2.24) is 4.98 Å². The summed E-state index contributed by atoms with van der Waals surface area (Å²) in [6.45, 7) is 8.10. The molecule has 2 aromatic carbocycles. The van der Waals surface area contributed by atoms with E-state index in [1.165, 1.54) is 0 Å². The minimum Gasteiger partial charge on any atom is -0.434 e. The SMILES string of the molecule is CCOC(=O)Oc1cc2cc(NS(=O)(=O)c3ccc(C(C)(C)C)cc3)ccc2[nH]1. The molecule has 1 heterocycles. The molecule has 0 saturated carbocycles. The zero-order valence-electron chi connectivity index (χ0n) is 16.8. The van der Waals surface area contributed by atoms with Crippen LogP contribution in [-0.4, -0.2) is 26.2 Å². The van der Waals surface area contributed by atoms with Gasteiger partial charge in [-0.3, -0.25) is 4.72 Å². The van der Waals surface area contributed by atoms with Crippen LogP contribution < -0.4 is 9.46 Å². The lowest BCUT2D eigenvalue weighted by Gasteiger charge is -2.19. The summed E-state index contributed by atoms with van der Waals surface area (Å²) in [6.07, 6.45) is -0.807. The third-order valence-corrected chi connectivity index (χ3v) is 5.73. The van der Waals surface area contributed by atoms with Gasteiger partial charge in [-0.25, -0.2) is 13.2 Å². The van der Waals surface area contributed by atoms with Crippen molar-refractivity contribution < 1.29 is 22.7 Å². The van der Waals surface area contributed by atoms with Gasteiger partial charge in [0.2, 0.25) is 5.88 Å². The highest BCUT2D eigenvalue weighted by atomic mass is 32.2.